The zero-order chi connectivity index (χ0) is 13.8. The maximum atomic E-state index is 6.10. The lowest BCUT2D eigenvalue weighted by Gasteiger charge is -2.31. The molecule has 1 rings (SSSR count). The van der Waals surface area contributed by atoms with Crippen LogP contribution in [0.1, 0.15) is 103 Å². The van der Waals surface area contributed by atoms with Crippen LogP contribution in [0.3, 0.4) is 0 Å². The van der Waals surface area contributed by atoms with E-state index in [0.29, 0.717) is 5.41 Å². The fourth-order valence-electron chi connectivity index (χ4n) is 3.67. The lowest BCUT2D eigenvalue weighted by atomic mass is 9.76. The molecule has 1 saturated carbocycles. The zero-order valence-electron chi connectivity index (χ0n) is 13.4. The third kappa shape index (κ3) is 7.34. The molecule has 0 spiro atoms. The molecule has 0 bridgehead atoms. The summed E-state index contributed by atoms with van der Waals surface area (Å²) in [5, 5.41) is 0. The standard InChI is InChI=1S/C18H37N/c1-2-3-4-5-6-7-8-11-14-18(17-19)15-12-9-10-13-16-18/h2-17,19H2,1H3. The molecule has 0 heterocycles. The highest BCUT2D eigenvalue weighted by Crippen LogP contribution is 2.38. The first-order valence-electron chi connectivity index (χ1n) is 9.03. The van der Waals surface area contributed by atoms with Gasteiger partial charge in [0.25, 0.3) is 0 Å². The second kappa shape index (κ2) is 10.7. The smallest absolute Gasteiger partial charge is 0.00205 e. The van der Waals surface area contributed by atoms with Crippen LogP contribution in [-0.2, 0) is 0 Å². The van der Waals surface area contributed by atoms with Crippen LogP contribution < -0.4 is 5.73 Å². The Balaban J connectivity index is 2.05. The predicted molar refractivity (Wildman–Crippen MR) is 86.4 cm³/mol. The fourth-order valence-corrected chi connectivity index (χ4v) is 3.67. The van der Waals surface area contributed by atoms with E-state index in [-0.39, 0.29) is 0 Å². The Morgan fingerprint density at radius 3 is 1.79 bits per heavy atom. The van der Waals surface area contributed by atoms with Gasteiger partial charge in [0.05, 0.1) is 0 Å². The first kappa shape index (κ1) is 17.0. The first-order chi connectivity index (χ1) is 9.33. The van der Waals surface area contributed by atoms with E-state index in [2.05, 4.69) is 6.92 Å². The molecule has 0 aliphatic heterocycles. The molecule has 2 N–H and O–H groups in total. The van der Waals surface area contributed by atoms with E-state index in [1.54, 1.807) is 0 Å². The van der Waals surface area contributed by atoms with E-state index in [0.717, 1.165) is 6.54 Å². The van der Waals surface area contributed by atoms with E-state index < -0.39 is 0 Å². The molecule has 114 valence electrons. The van der Waals surface area contributed by atoms with Crippen molar-refractivity contribution in [2.75, 3.05) is 6.54 Å². The second-order valence-electron chi connectivity index (χ2n) is 6.84. The number of nitrogens with two attached hydrogens (primary N) is 1. The summed E-state index contributed by atoms with van der Waals surface area (Å²) >= 11 is 0. The van der Waals surface area contributed by atoms with Gasteiger partial charge >= 0.3 is 0 Å². The molecule has 1 nitrogen and oxygen atoms in total. The molecule has 0 aromatic carbocycles. The molecule has 1 aliphatic rings. The zero-order valence-corrected chi connectivity index (χ0v) is 13.4. The van der Waals surface area contributed by atoms with Crippen molar-refractivity contribution in [1.29, 1.82) is 0 Å². The van der Waals surface area contributed by atoms with Gasteiger partial charge in [0.2, 0.25) is 0 Å². The van der Waals surface area contributed by atoms with Gasteiger partial charge in [0, 0.05) is 0 Å². The Bertz CT molecular complexity index is 192. The van der Waals surface area contributed by atoms with Crippen molar-refractivity contribution in [3.8, 4) is 0 Å². The number of rotatable bonds is 10. The summed E-state index contributed by atoms with van der Waals surface area (Å²) < 4.78 is 0. The fraction of sp³-hybridized carbons (Fsp3) is 1.00. The molecule has 0 atom stereocenters. The largest absolute Gasteiger partial charge is 0.330 e. The quantitative estimate of drug-likeness (QED) is 0.392. The van der Waals surface area contributed by atoms with Gasteiger partial charge in [-0.1, -0.05) is 84.0 Å². The Morgan fingerprint density at radius 1 is 0.737 bits per heavy atom. The summed E-state index contributed by atoms with van der Waals surface area (Å²) in [7, 11) is 0. The van der Waals surface area contributed by atoms with Crippen molar-refractivity contribution in [3.63, 3.8) is 0 Å². The van der Waals surface area contributed by atoms with Gasteiger partial charge in [-0.3, -0.25) is 0 Å². The first-order valence-corrected chi connectivity index (χ1v) is 9.03. The van der Waals surface area contributed by atoms with Gasteiger partial charge in [-0.15, -0.1) is 0 Å². The minimum atomic E-state index is 0.526. The highest BCUT2D eigenvalue weighted by atomic mass is 14.6. The Morgan fingerprint density at radius 2 is 1.26 bits per heavy atom. The van der Waals surface area contributed by atoms with Gasteiger partial charge in [-0.25, -0.2) is 0 Å². The summed E-state index contributed by atoms with van der Waals surface area (Å²) in [5.74, 6) is 0. The molecule has 19 heavy (non-hydrogen) atoms. The van der Waals surface area contributed by atoms with Crippen molar-refractivity contribution in [3.05, 3.63) is 0 Å². The highest BCUT2D eigenvalue weighted by Gasteiger charge is 2.28. The molecule has 1 heteroatoms. The molecule has 1 fully saturated rings. The van der Waals surface area contributed by atoms with E-state index in [9.17, 15) is 0 Å². The van der Waals surface area contributed by atoms with Gasteiger partial charge in [0.1, 0.15) is 0 Å². The summed E-state index contributed by atoms with van der Waals surface area (Å²) in [6, 6.07) is 0. The third-order valence-corrected chi connectivity index (χ3v) is 5.16. The van der Waals surface area contributed by atoms with Crippen molar-refractivity contribution < 1.29 is 0 Å². The molecule has 0 aromatic rings. The highest BCUT2D eigenvalue weighted by molar-refractivity contribution is 4.82. The van der Waals surface area contributed by atoms with Crippen LogP contribution in [0.4, 0.5) is 0 Å². The normalized spacial score (nSPS) is 19.3. The molecule has 0 aromatic heterocycles. The summed E-state index contributed by atoms with van der Waals surface area (Å²) in [6.07, 6.45) is 21.4. The van der Waals surface area contributed by atoms with Crippen LogP contribution in [0, 0.1) is 5.41 Å². The lowest BCUT2D eigenvalue weighted by Crippen LogP contribution is -2.30. The van der Waals surface area contributed by atoms with Crippen LogP contribution in [0.5, 0.6) is 0 Å². The number of unbranched alkanes of at least 4 members (excludes halogenated alkanes) is 7. The van der Waals surface area contributed by atoms with Crippen molar-refractivity contribution >= 4 is 0 Å². The van der Waals surface area contributed by atoms with Crippen LogP contribution in [0.25, 0.3) is 0 Å². The molecule has 0 amide bonds. The lowest BCUT2D eigenvalue weighted by molar-refractivity contribution is 0.224. The molecular formula is C18H37N. The second-order valence-corrected chi connectivity index (χ2v) is 6.84. The number of hydrogen-bond acceptors (Lipinski definition) is 1. The maximum absolute atomic E-state index is 6.10. The minimum absolute atomic E-state index is 0.526. The Labute approximate surface area is 121 Å². The summed E-state index contributed by atoms with van der Waals surface area (Å²) in [6.45, 7) is 3.22. The molecule has 0 radical (unpaired) electrons. The maximum Gasteiger partial charge on any atom is -0.00205 e. The molecule has 0 saturated heterocycles. The van der Waals surface area contributed by atoms with Gasteiger partial charge < -0.3 is 5.73 Å². The van der Waals surface area contributed by atoms with Crippen LogP contribution in [0.2, 0.25) is 0 Å². The van der Waals surface area contributed by atoms with Gasteiger partial charge in [-0.2, -0.15) is 0 Å². The average Bonchev–Trinajstić information content (AvgIpc) is 2.68. The van der Waals surface area contributed by atoms with Crippen LogP contribution in [-0.4, -0.2) is 6.54 Å². The Kier molecular flexibility index (Phi) is 9.59. The average molecular weight is 268 g/mol. The number of hydrogen-bond donors (Lipinski definition) is 1. The van der Waals surface area contributed by atoms with Crippen molar-refractivity contribution in [2.45, 2.75) is 103 Å². The predicted octanol–water partition coefficient (Wildman–Crippen LogP) is 5.82. The molecule has 1 aliphatic carbocycles. The van der Waals surface area contributed by atoms with Crippen molar-refractivity contribution in [1.82, 2.24) is 0 Å². The van der Waals surface area contributed by atoms with Crippen molar-refractivity contribution in [2.24, 2.45) is 11.1 Å². The van der Waals surface area contributed by atoms with Gasteiger partial charge in [-0.05, 0) is 31.2 Å². The summed E-state index contributed by atoms with van der Waals surface area (Å²) in [4.78, 5) is 0. The molecule has 0 unspecified atom stereocenters. The molecular weight excluding hydrogens is 230 g/mol. The van der Waals surface area contributed by atoms with Crippen LogP contribution >= 0.6 is 0 Å². The third-order valence-electron chi connectivity index (χ3n) is 5.16. The van der Waals surface area contributed by atoms with E-state index in [1.165, 1.54) is 96.3 Å². The topological polar surface area (TPSA) is 26.0 Å². The Hall–Kier alpha value is -0.0400. The SMILES string of the molecule is CCCCCCCCCCC1(CN)CCCCCC1. The van der Waals surface area contributed by atoms with Crippen LogP contribution in [0.15, 0.2) is 0 Å². The monoisotopic (exact) mass is 267 g/mol. The van der Waals surface area contributed by atoms with E-state index in [1.807, 2.05) is 0 Å². The minimum Gasteiger partial charge on any atom is -0.330 e. The van der Waals surface area contributed by atoms with E-state index >= 15 is 0 Å². The van der Waals surface area contributed by atoms with E-state index in [4.69, 9.17) is 5.73 Å². The van der Waals surface area contributed by atoms with Gasteiger partial charge in [0.15, 0.2) is 0 Å². The summed E-state index contributed by atoms with van der Waals surface area (Å²) in [5.41, 5.74) is 6.63.